The van der Waals surface area contributed by atoms with Gasteiger partial charge >= 0.3 is 5.97 Å². The Kier molecular flexibility index (Phi) is 8.67. The number of ether oxygens (including phenoxy) is 4. The standard InChI is InChI=1S/C29H32ClNO6/c1-5-36-11-12-37-29(33)26-17(2)31-22-14-20(18-9-10-24(34-3)25(16-18)35-4)15-23(32)28(22)27(26)19-7-6-8-21(30)13-19/h6-10,13,16,20,26-27H,5,11-12,14-15H2,1-4H3/t20-,26?,27+/m1/s1. The van der Waals surface area contributed by atoms with Gasteiger partial charge in [0.25, 0.3) is 0 Å². The Balaban J connectivity index is 1.71. The van der Waals surface area contributed by atoms with Crippen LogP contribution in [0.1, 0.15) is 49.7 Å². The summed E-state index contributed by atoms with van der Waals surface area (Å²) in [6, 6.07) is 13.0. The lowest BCUT2D eigenvalue weighted by Gasteiger charge is -2.36. The average molecular weight is 526 g/mol. The van der Waals surface area contributed by atoms with Crippen LogP contribution in [0.5, 0.6) is 11.5 Å². The van der Waals surface area contributed by atoms with Crippen LogP contribution < -0.4 is 9.47 Å². The van der Waals surface area contributed by atoms with Gasteiger partial charge in [0, 0.05) is 41.0 Å². The fourth-order valence-corrected chi connectivity index (χ4v) is 5.40. The molecule has 0 amide bonds. The zero-order chi connectivity index (χ0) is 26.5. The zero-order valence-corrected chi connectivity index (χ0v) is 22.3. The van der Waals surface area contributed by atoms with E-state index in [0.29, 0.717) is 59.6 Å². The molecule has 2 aliphatic rings. The number of hydrogen-bond donors (Lipinski definition) is 0. The largest absolute Gasteiger partial charge is 0.493 e. The Hall–Kier alpha value is -3.16. The van der Waals surface area contributed by atoms with Crippen LogP contribution in [0, 0.1) is 5.92 Å². The summed E-state index contributed by atoms with van der Waals surface area (Å²) >= 11 is 6.33. The van der Waals surface area contributed by atoms with Gasteiger partial charge in [0.05, 0.1) is 20.8 Å². The van der Waals surface area contributed by atoms with Gasteiger partial charge in [-0.1, -0.05) is 29.8 Å². The second-order valence-electron chi connectivity index (χ2n) is 9.13. The molecule has 1 heterocycles. The van der Waals surface area contributed by atoms with E-state index < -0.39 is 17.8 Å². The Labute approximate surface area is 222 Å². The maximum Gasteiger partial charge on any atom is 0.315 e. The van der Waals surface area contributed by atoms with E-state index in [1.54, 1.807) is 20.3 Å². The van der Waals surface area contributed by atoms with Gasteiger partial charge in [-0.3, -0.25) is 14.6 Å². The predicted molar refractivity (Wildman–Crippen MR) is 142 cm³/mol. The summed E-state index contributed by atoms with van der Waals surface area (Å²) in [5.74, 6) is -0.530. The van der Waals surface area contributed by atoms with Crippen molar-refractivity contribution < 1.29 is 28.5 Å². The summed E-state index contributed by atoms with van der Waals surface area (Å²) in [5, 5.41) is 0.537. The van der Waals surface area contributed by atoms with Gasteiger partial charge in [-0.15, -0.1) is 0 Å². The van der Waals surface area contributed by atoms with Gasteiger partial charge in [-0.2, -0.15) is 0 Å². The molecule has 0 N–H and O–H groups in total. The number of benzene rings is 2. The summed E-state index contributed by atoms with van der Waals surface area (Å²) in [6.07, 6.45) is 0.864. The fourth-order valence-electron chi connectivity index (χ4n) is 5.20. The van der Waals surface area contributed by atoms with E-state index in [0.717, 1.165) is 11.1 Å². The van der Waals surface area contributed by atoms with Crippen molar-refractivity contribution in [1.82, 2.24) is 0 Å². The number of carbonyl (C=O) groups is 2. The molecule has 1 aliphatic heterocycles. The molecule has 1 unspecified atom stereocenters. The number of carbonyl (C=O) groups excluding carboxylic acids is 2. The van der Waals surface area contributed by atoms with E-state index >= 15 is 0 Å². The Morgan fingerprint density at radius 3 is 2.51 bits per heavy atom. The minimum atomic E-state index is -0.722. The average Bonchev–Trinajstić information content (AvgIpc) is 2.89. The third-order valence-electron chi connectivity index (χ3n) is 6.91. The van der Waals surface area contributed by atoms with Gasteiger partial charge < -0.3 is 18.9 Å². The van der Waals surface area contributed by atoms with Gasteiger partial charge in [-0.05, 0) is 61.6 Å². The van der Waals surface area contributed by atoms with Crippen LogP contribution in [0.4, 0.5) is 0 Å². The normalized spacial score (nSPS) is 21.3. The first-order chi connectivity index (χ1) is 17.9. The van der Waals surface area contributed by atoms with Crippen LogP contribution in [0.25, 0.3) is 0 Å². The van der Waals surface area contributed by atoms with E-state index in [9.17, 15) is 9.59 Å². The summed E-state index contributed by atoms with van der Waals surface area (Å²) in [6.45, 7) is 4.69. The van der Waals surface area contributed by atoms with Gasteiger partial charge in [0.1, 0.15) is 12.5 Å². The van der Waals surface area contributed by atoms with Crippen LogP contribution in [0.3, 0.4) is 0 Å². The van der Waals surface area contributed by atoms with Crippen LogP contribution in [0.15, 0.2) is 58.7 Å². The van der Waals surface area contributed by atoms with E-state index in [2.05, 4.69) is 0 Å². The Bertz CT molecular complexity index is 1240. The molecule has 0 saturated carbocycles. The number of ketones is 1. The number of hydrogen-bond acceptors (Lipinski definition) is 7. The lowest BCUT2D eigenvalue weighted by molar-refractivity contribution is -0.148. The highest BCUT2D eigenvalue weighted by Crippen LogP contribution is 2.47. The maximum atomic E-state index is 13.7. The minimum absolute atomic E-state index is 0.0330. The number of methoxy groups -OCH3 is 2. The summed E-state index contributed by atoms with van der Waals surface area (Å²) in [5.41, 5.74) is 3.65. The highest BCUT2D eigenvalue weighted by molar-refractivity contribution is 6.30. The fraction of sp³-hybridized carbons (Fsp3) is 0.414. The van der Waals surface area contributed by atoms with E-state index in [4.69, 9.17) is 35.5 Å². The van der Waals surface area contributed by atoms with Crippen molar-refractivity contribution in [1.29, 1.82) is 0 Å². The zero-order valence-electron chi connectivity index (χ0n) is 21.6. The second-order valence-corrected chi connectivity index (χ2v) is 9.57. The van der Waals surface area contributed by atoms with Crippen molar-refractivity contribution in [3.05, 3.63) is 69.9 Å². The monoisotopic (exact) mass is 525 g/mol. The number of rotatable bonds is 9. The molecule has 2 aromatic rings. The molecule has 0 aromatic heterocycles. The number of aliphatic imine (C=N–C) groups is 1. The number of halogens is 1. The molecule has 37 heavy (non-hydrogen) atoms. The molecule has 0 bridgehead atoms. The Morgan fingerprint density at radius 1 is 1.03 bits per heavy atom. The molecule has 0 spiro atoms. The van der Waals surface area contributed by atoms with Crippen molar-refractivity contribution >= 4 is 29.1 Å². The number of Topliss-reactive ketones (excluding diaryl/α,β-unsaturated/α-hetero) is 1. The van der Waals surface area contributed by atoms with Gasteiger partial charge in [-0.25, -0.2) is 0 Å². The first kappa shape index (κ1) is 26.9. The highest BCUT2D eigenvalue weighted by atomic mass is 35.5. The molecule has 3 atom stereocenters. The summed E-state index contributed by atoms with van der Waals surface area (Å²) < 4.78 is 21.7. The molecule has 0 radical (unpaired) electrons. The lowest BCUT2D eigenvalue weighted by atomic mass is 9.69. The molecule has 196 valence electrons. The quantitative estimate of drug-likeness (QED) is 0.317. The summed E-state index contributed by atoms with van der Waals surface area (Å²) in [4.78, 5) is 31.8. The summed E-state index contributed by atoms with van der Waals surface area (Å²) in [7, 11) is 3.18. The predicted octanol–water partition coefficient (Wildman–Crippen LogP) is 5.51. The van der Waals surface area contributed by atoms with Crippen molar-refractivity contribution in [2.75, 3.05) is 34.0 Å². The molecule has 2 aromatic carbocycles. The second kappa shape index (κ2) is 11.9. The van der Waals surface area contributed by atoms with Crippen LogP contribution in [-0.4, -0.2) is 51.5 Å². The molecule has 4 rings (SSSR count). The van der Waals surface area contributed by atoms with Crippen molar-refractivity contribution in [2.45, 2.75) is 38.5 Å². The van der Waals surface area contributed by atoms with Crippen LogP contribution in [-0.2, 0) is 19.1 Å². The maximum absolute atomic E-state index is 13.7. The number of nitrogens with zero attached hydrogens (tertiary/aromatic N) is 1. The first-order valence-corrected chi connectivity index (χ1v) is 12.8. The van der Waals surface area contributed by atoms with Crippen molar-refractivity contribution in [2.24, 2.45) is 10.9 Å². The van der Waals surface area contributed by atoms with Gasteiger partial charge in [0.2, 0.25) is 0 Å². The SMILES string of the molecule is CCOCCOC(=O)C1C(C)=NC2=C(C(=O)C[C@H](c3ccc(OC)c(OC)c3)C2)[C@H]1c1cccc(Cl)c1. The number of esters is 1. The minimum Gasteiger partial charge on any atom is -0.493 e. The third kappa shape index (κ3) is 5.73. The van der Waals surface area contributed by atoms with Crippen molar-refractivity contribution in [3.63, 3.8) is 0 Å². The van der Waals surface area contributed by atoms with Crippen molar-refractivity contribution in [3.8, 4) is 11.5 Å². The molecule has 0 fully saturated rings. The van der Waals surface area contributed by atoms with E-state index in [-0.39, 0.29) is 18.3 Å². The van der Waals surface area contributed by atoms with Crippen LogP contribution >= 0.6 is 11.6 Å². The van der Waals surface area contributed by atoms with E-state index in [1.165, 1.54) is 0 Å². The molecule has 8 heteroatoms. The Morgan fingerprint density at radius 2 is 1.81 bits per heavy atom. The topological polar surface area (TPSA) is 83.4 Å². The van der Waals surface area contributed by atoms with Gasteiger partial charge in [0.15, 0.2) is 17.3 Å². The smallest absolute Gasteiger partial charge is 0.315 e. The molecular weight excluding hydrogens is 494 g/mol. The van der Waals surface area contributed by atoms with Crippen LogP contribution in [0.2, 0.25) is 5.02 Å². The lowest BCUT2D eigenvalue weighted by Crippen LogP contribution is -2.38. The molecule has 7 nitrogen and oxygen atoms in total. The highest BCUT2D eigenvalue weighted by Gasteiger charge is 2.44. The third-order valence-corrected chi connectivity index (χ3v) is 7.14. The van der Waals surface area contributed by atoms with E-state index in [1.807, 2.05) is 50.2 Å². The molecular formula is C29H32ClNO6. The first-order valence-electron chi connectivity index (χ1n) is 12.4. The molecule has 1 aliphatic carbocycles. The molecule has 0 saturated heterocycles. The number of allylic oxidation sites excluding steroid dienone is 2.